The van der Waals surface area contributed by atoms with Crippen molar-refractivity contribution in [2.45, 2.75) is 11.9 Å². The number of fused-ring (bicyclic) bond motifs is 2. The smallest absolute Gasteiger partial charge is 0.125 e. The van der Waals surface area contributed by atoms with Crippen molar-refractivity contribution in [3.05, 3.63) is 58.0 Å². The van der Waals surface area contributed by atoms with Crippen LogP contribution in [0.5, 0.6) is 0 Å². The van der Waals surface area contributed by atoms with E-state index in [0.29, 0.717) is 0 Å². The van der Waals surface area contributed by atoms with Gasteiger partial charge in [0.1, 0.15) is 21.6 Å². The number of rotatable bonds is 3. The molecule has 0 atom stereocenters. The minimum absolute atomic E-state index is 0.212. The molecule has 2 fully saturated rings. The summed E-state index contributed by atoms with van der Waals surface area (Å²) in [5, 5.41) is 12.6. The van der Waals surface area contributed by atoms with Crippen molar-refractivity contribution in [2.24, 2.45) is 0 Å². The number of alkyl halides is 1. The fourth-order valence-electron chi connectivity index (χ4n) is 3.69. The standard InChI is InChI=1S/C12H14FN3S.C8H5BrFNS.C4H10N2/c13-9-1-2-11-10(7-9)15-12(17-11)8-16-5-3-14-4-6-16;9-4-8-11-6-3-5(10)1-2-7(6)12-8;1-2-6-4-3-5-1/h1-2,7,14H,3-6,8H2;1-3H,4H2;5-6H,1-4H2. The van der Waals surface area contributed by atoms with Crippen molar-refractivity contribution in [1.82, 2.24) is 30.8 Å². The van der Waals surface area contributed by atoms with Crippen LogP contribution in [0.25, 0.3) is 20.4 Å². The largest absolute Gasteiger partial charge is 0.314 e. The second-order valence-corrected chi connectivity index (χ2v) is 10.9. The quantitative estimate of drug-likeness (QED) is 0.312. The molecule has 0 amide bonds. The van der Waals surface area contributed by atoms with Crippen molar-refractivity contribution >= 4 is 59.0 Å². The van der Waals surface area contributed by atoms with Crippen LogP contribution in [-0.4, -0.2) is 67.2 Å². The Kier molecular flexibility index (Phi) is 10.3. The summed E-state index contributed by atoms with van der Waals surface area (Å²) in [4.78, 5) is 11.1. The molecule has 6 rings (SSSR count). The number of thiazole rings is 2. The third kappa shape index (κ3) is 8.21. The van der Waals surface area contributed by atoms with Gasteiger partial charge in [0.2, 0.25) is 0 Å². The molecule has 11 heteroatoms. The van der Waals surface area contributed by atoms with Crippen molar-refractivity contribution in [3.63, 3.8) is 0 Å². The van der Waals surface area contributed by atoms with E-state index in [1.807, 2.05) is 6.07 Å². The summed E-state index contributed by atoms with van der Waals surface area (Å²) >= 11 is 6.55. The van der Waals surface area contributed by atoms with Gasteiger partial charge >= 0.3 is 0 Å². The maximum absolute atomic E-state index is 13.1. The molecule has 2 aromatic carbocycles. The Labute approximate surface area is 220 Å². The van der Waals surface area contributed by atoms with Crippen LogP contribution in [0.2, 0.25) is 0 Å². The lowest BCUT2D eigenvalue weighted by atomic mass is 10.3. The number of halogens is 3. The molecule has 0 spiro atoms. The van der Waals surface area contributed by atoms with E-state index in [1.54, 1.807) is 28.7 Å². The van der Waals surface area contributed by atoms with Crippen molar-refractivity contribution in [1.29, 1.82) is 0 Å². The maximum Gasteiger partial charge on any atom is 0.125 e. The Balaban J connectivity index is 0.000000139. The molecule has 0 saturated carbocycles. The van der Waals surface area contributed by atoms with E-state index in [2.05, 4.69) is 46.7 Å². The number of nitrogens with one attached hydrogen (secondary N) is 3. The highest BCUT2D eigenvalue weighted by Crippen LogP contribution is 2.24. The summed E-state index contributed by atoms with van der Waals surface area (Å²) in [5.74, 6) is -0.439. The molecule has 0 bridgehead atoms. The van der Waals surface area contributed by atoms with Crippen LogP contribution in [0.4, 0.5) is 8.78 Å². The van der Waals surface area contributed by atoms with Gasteiger partial charge in [0, 0.05) is 64.5 Å². The Bertz CT molecular complexity index is 1200. The molecule has 4 heterocycles. The molecule has 0 radical (unpaired) electrons. The monoisotopic (exact) mass is 582 g/mol. The lowest BCUT2D eigenvalue weighted by Crippen LogP contribution is -2.42. The third-order valence-corrected chi connectivity index (χ3v) is 8.39. The zero-order valence-electron chi connectivity index (χ0n) is 19.3. The first-order chi connectivity index (χ1) is 17.1. The van der Waals surface area contributed by atoms with Gasteiger partial charge in [0.05, 0.1) is 32.3 Å². The number of hydrogen-bond donors (Lipinski definition) is 3. The van der Waals surface area contributed by atoms with Crippen LogP contribution >= 0.6 is 38.6 Å². The van der Waals surface area contributed by atoms with E-state index >= 15 is 0 Å². The molecule has 4 aromatic rings. The second-order valence-electron chi connectivity index (χ2n) is 8.10. The van der Waals surface area contributed by atoms with E-state index in [-0.39, 0.29) is 11.6 Å². The predicted molar refractivity (Wildman–Crippen MR) is 146 cm³/mol. The molecule has 35 heavy (non-hydrogen) atoms. The fraction of sp³-hybridized carbons (Fsp3) is 0.417. The molecule has 188 valence electrons. The molecule has 0 unspecified atom stereocenters. The van der Waals surface area contributed by atoms with E-state index in [1.165, 1.54) is 24.3 Å². The minimum Gasteiger partial charge on any atom is -0.314 e. The minimum atomic E-state index is -0.228. The van der Waals surface area contributed by atoms with Gasteiger partial charge in [-0.2, -0.15) is 0 Å². The highest BCUT2D eigenvalue weighted by Gasteiger charge is 2.12. The predicted octanol–water partition coefficient (Wildman–Crippen LogP) is 4.35. The first kappa shape index (κ1) is 26.5. The van der Waals surface area contributed by atoms with Crippen LogP contribution in [0.3, 0.4) is 0 Å². The first-order valence-corrected chi connectivity index (χ1v) is 14.4. The van der Waals surface area contributed by atoms with Gasteiger partial charge in [-0.1, -0.05) is 15.9 Å². The van der Waals surface area contributed by atoms with Gasteiger partial charge in [0.25, 0.3) is 0 Å². The van der Waals surface area contributed by atoms with Crippen molar-refractivity contribution in [3.8, 4) is 0 Å². The summed E-state index contributed by atoms with van der Waals surface area (Å²) in [6, 6.07) is 9.48. The molecule has 2 saturated heterocycles. The summed E-state index contributed by atoms with van der Waals surface area (Å²) < 4.78 is 27.9. The molecule has 2 aliphatic rings. The molecule has 2 aromatic heterocycles. The fourth-order valence-corrected chi connectivity index (χ4v) is 5.94. The lowest BCUT2D eigenvalue weighted by molar-refractivity contribution is 0.233. The molecular weight excluding hydrogens is 554 g/mol. The van der Waals surface area contributed by atoms with Gasteiger partial charge < -0.3 is 16.0 Å². The third-order valence-electron chi connectivity index (χ3n) is 5.43. The Hall–Kier alpha value is -1.60. The van der Waals surface area contributed by atoms with Crippen LogP contribution in [0.1, 0.15) is 10.0 Å². The summed E-state index contributed by atoms with van der Waals surface area (Å²) in [6.45, 7) is 9.64. The van der Waals surface area contributed by atoms with Gasteiger partial charge in [-0.25, -0.2) is 18.7 Å². The molecule has 6 nitrogen and oxygen atoms in total. The average molecular weight is 584 g/mol. The zero-order valence-corrected chi connectivity index (χ0v) is 22.5. The van der Waals surface area contributed by atoms with Gasteiger partial charge in [-0.05, 0) is 24.3 Å². The topological polar surface area (TPSA) is 65.1 Å². The second kappa shape index (κ2) is 13.6. The van der Waals surface area contributed by atoms with Gasteiger partial charge in [-0.15, -0.1) is 22.7 Å². The lowest BCUT2D eigenvalue weighted by Gasteiger charge is -2.25. The summed E-state index contributed by atoms with van der Waals surface area (Å²) in [6.07, 6.45) is 0. The number of aromatic nitrogens is 2. The first-order valence-electron chi connectivity index (χ1n) is 11.6. The van der Waals surface area contributed by atoms with Gasteiger partial charge in [0.15, 0.2) is 0 Å². The molecule has 2 aliphatic heterocycles. The number of nitrogens with zero attached hydrogens (tertiary/aromatic N) is 3. The molecule has 0 aliphatic carbocycles. The Morgan fingerprint density at radius 3 is 1.74 bits per heavy atom. The maximum atomic E-state index is 13.1. The number of piperazine rings is 2. The average Bonchev–Trinajstić information content (AvgIpc) is 3.49. The van der Waals surface area contributed by atoms with Gasteiger partial charge in [-0.3, -0.25) is 4.90 Å². The highest BCUT2D eigenvalue weighted by molar-refractivity contribution is 9.08. The van der Waals surface area contributed by atoms with E-state index in [0.717, 1.165) is 94.7 Å². The normalized spacial score (nSPS) is 16.4. The van der Waals surface area contributed by atoms with Crippen LogP contribution < -0.4 is 16.0 Å². The summed E-state index contributed by atoms with van der Waals surface area (Å²) in [5.41, 5.74) is 1.52. The van der Waals surface area contributed by atoms with Crippen LogP contribution in [0, 0.1) is 11.6 Å². The number of benzene rings is 2. The SMILES string of the molecule is C1CNCCN1.Fc1ccc2sc(CBr)nc2c1.Fc1ccc2sc(CN3CCNCC3)nc2c1. The molecular formula is C24H29BrF2N6S2. The van der Waals surface area contributed by atoms with E-state index in [9.17, 15) is 8.78 Å². The van der Waals surface area contributed by atoms with Crippen molar-refractivity contribution in [2.75, 3.05) is 52.4 Å². The number of hydrogen-bond acceptors (Lipinski definition) is 8. The van der Waals surface area contributed by atoms with Crippen LogP contribution in [0.15, 0.2) is 36.4 Å². The summed E-state index contributed by atoms with van der Waals surface area (Å²) in [7, 11) is 0. The van der Waals surface area contributed by atoms with Crippen molar-refractivity contribution < 1.29 is 8.78 Å². The zero-order chi connectivity index (χ0) is 24.5. The van der Waals surface area contributed by atoms with E-state index < -0.39 is 0 Å². The molecule has 3 N–H and O–H groups in total. The Morgan fingerprint density at radius 2 is 1.23 bits per heavy atom. The highest BCUT2D eigenvalue weighted by atomic mass is 79.9. The van der Waals surface area contributed by atoms with E-state index in [4.69, 9.17) is 0 Å². The van der Waals surface area contributed by atoms with Crippen LogP contribution in [-0.2, 0) is 11.9 Å². The Morgan fingerprint density at radius 1 is 0.743 bits per heavy atom.